The summed E-state index contributed by atoms with van der Waals surface area (Å²) in [4.78, 5) is 0. The zero-order valence-electron chi connectivity index (χ0n) is 11.8. The lowest BCUT2D eigenvalue weighted by molar-refractivity contribution is -0.128. The Morgan fingerprint density at radius 3 is 1.35 bits per heavy atom. The van der Waals surface area contributed by atoms with Crippen LogP contribution in [0.25, 0.3) is 0 Å². The van der Waals surface area contributed by atoms with Gasteiger partial charge >= 0.3 is 0 Å². The van der Waals surface area contributed by atoms with Crippen molar-refractivity contribution in [1.82, 2.24) is 0 Å². The van der Waals surface area contributed by atoms with Gasteiger partial charge in [-0.1, -0.05) is 45.8 Å². The summed E-state index contributed by atoms with van der Waals surface area (Å²) in [5, 5.41) is 0. The Labute approximate surface area is 107 Å². The SMILES string of the molecule is CC[Si](CC)(CC)C(C)(P)C(F)(F)C(C)(C)F. The number of rotatable bonds is 6. The van der Waals surface area contributed by atoms with E-state index in [2.05, 4.69) is 9.24 Å². The molecule has 0 saturated heterocycles. The van der Waals surface area contributed by atoms with Gasteiger partial charge in [-0.25, -0.2) is 13.2 Å². The van der Waals surface area contributed by atoms with Crippen molar-refractivity contribution >= 4 is 17.3 Å². The first-order valence-electron chi connectivity index (χ1n) is 6.29. The summed E-state index contributed by atoms with van der Waals surface area (Å²) in [5.74, 6) is -3.32. The van der Waals surface area contributed by atoms with E-state index in [4.69, 9.17) is 0 Å². The van der Waals surface area contributed by atoms with Gasteiger partial charge in [-0.2, -0.15) is 0 Å². The van der Waals surface area contributed by atoms with Crippen LogP contribution in [0.3, 0.4) is 0 Å². The maximum absolute atomic E-state index is 14.4. The summed E-state index contributed by atoms with van der Waals surface area (Å²) in [6.07, 6.45) is 0. The lowest BCUT2D eigenvalue weighted by atomic mass is 9.99. The van der Waals surface area contributed by atoms with E-state index < -0.39 is 24.4 Å². The standard InChI is InChI=1S/C12H26F3PSi/c1-7-17(8-2,9-3)11(6,16)12(14,15)10(4,5)13/h7-9,16H2,1-6H3. The van der Waals surface area contributed by atoms with E-state index in [1.54, 1.807) is 0 Å². The fourth-order valence-corrected chi connectivity index (χ4v) is 9.65. The highest BCUT2D eigenvalue weighted by atomic mass is 31.0. The lowest BCUT2D eigenvalue weighted by Crippen LogP contribution is -2.66. The molecule has 0 N–H and O–H groups in total. The van der Waals surface area contributed by atoms with Gasteiger partial charge < -0.3 is 0 Å². The average molecular weight is 286 g/mol. The first-order chi connectivity index (χ1) is 7.43. The molecule has 0 fully saturated rings. The molecular weight excluding hydrogens is 260 g/mol. The molecule has 0 saturated carbocycles. The molecule has 0 aliphatic rings. The van der Waals surface area contributed by atoms with Gasteiger partial charge in [0.1, 0.15) is 0 Å². The van der Waals surface area contributed by atoms with Crippen LogP contribution < -0.4 is 0 Å². The first-order valence-corrected chi connectivity index (χ1v) is 9.49. The molecule has 0 bridgehead atoms. The summed E-state index contributed by atoms with van der Waals surface area (Å²) in [6, 6.07) is 2.27. The van der Waals surface area contributed by atoms with Gasteiger partial charge in [0.25, 0.3) is 5.92 Å². The highest BCUT2D eigenvalue weighted by Gasteiger charge is 2.65. The summed E-state index contributed by atoms with van der Waals surface area (Å²) in [7, 11) is 0.0820. The number of halogens is 3. The minimum atomic E-state index is -3.32. The van der Waals surface area contributed by atoms with Gasteiger partial charge in [0, 0.05) is 4.78 Å². The first kappa shape index (κ1) is 17.4. The van der Waals surface area contributed by atoms with Crippen LogP contribution in [0.4, 0.5) is 13.2 Å². The number of alkyl halides is 3. The Morgan fingerprint density at radius 2 is 1.18 bits per heavy atom. The Kier molecular flexibility index (Phi) is 5.34. The monoisotopic (exact) mass is 286 g/mol. The Morgan fingerprint density at radius 1 is 0.882 bits per heavy atom. The summed E-state index contributed by atoms with van der Waals surface area (Å²) < 4.78 is 41.4. The molecule has 17 heavy (non-hydrogen) atoms. The molecule has 104 valence electrons. The smallest absolute Gasteiger partial charge is 0.238 e. The normalized spacial score (nSPS) is 18.0. The predicted molar refractivity (Wildman–Crippen MR) is 75.4 cm³/mol. The van der Waals surface area contributed by atoms with Gasteiger partial charge in [0.05, 0.1) is 8.07 Å². The Hall–Kier alpha value is 0.437. The molecule has 0 nitrogen and oxygen atoms in total. The largest absolute Gasteiger partial charge is 0.287 e. The van der Waals surface area contributed by atoms with E-state index in [1.165, 1.54) is 6.92 Å². The van der Waals surface area contributed by atoms with Crippen molar-refractivity contribution in [2.75, 3.05) is 0 Å². The zero-order valence-corrected chi connectivity index (χ0v) is 14.0. The van der Waals surface area contributed by atoms with Crippen LogP contribution in [-0.2, 0) is 0 Å². The summed E-state index contributed by atoms with van der Waals surface area (Å²) in [5.41, 5.74) is -2.48. The van der Waals surface area contributed by atoms with Gasteiger partial charge in [0.2, 0.25) is 0 Å². The molecule has 0 heterocycles. The quantitative estimate of drug-likeness (QED) is 0.473. The van der Waals surface area contributed by atoms with Crippen molar-refractivity contribution in [3.8, 4) is 0 Å². The number of hydrogen-bond donors (Lipinski definition) is 0. The van der Waals surface area contributed by atoms with Crippen LogP contribution in [0.5, 0.6) is 0 Å². The van der Waals surface area contributed by atoms with E-state index in [0.29, 0.717) is 0 Å². The minimum Gasteiger partial charge on any atom is -0.238 e. The summed E-state index contributed by atoms with van der Waals surface area (Å²) >= 11 is 0. The van der Waals surface area contributed by atoms with Crippen molar-refractivity contribution in [3.05, 3.63) is 0 Å². The molecule has 0 aromatic rings. The third-order valence-corrected chi connectivity index (χ3v) is 13.3. The zero-order chi connectivity index (χ0) is 14.1. The molecule has 5 heteroatoms. The lowest BCUT2D eigenvalue weighted by Gasteiger charge is -2.50. The molecular formula is C12H26F3PSi. The topological polar surface area (TPSA) is 0 Å². The molecule has 0 aromatic heterocycles. The highest BCUT2D eigenvalue weighted by molar-refractivity contribution is 7.27. The fraction of sp³-hybridized carbons (Fsp3) is 1.00. The second-order valence-corrected chi connectivity index (χ2v) is 13.0. The second kappa shape index (κ2) is 5.20. The predicted octanol–water partition coefficient (Wildman–Crippen LogP) is 5.05. The van der Waals surface area contributed by atoms with Gasteiger partial charge in [0.15, 0.2) is 5.67 Å². The van der Waals surface area contributed by atoms with Crippen LogP contribution in [0, 0.1) is 0 Å². The molecule has 0 aromatic carbocycles. The Balaban J connectivity index is 5.67. The van der Waals surface area contributed by atoms with Gasteiger partial charge in [-0.3, -0.25) is 0 Å². The summed E-state index contributed by atoms with van der Waals surface area (Å²) in [6.45, 7) is 9.38. The average Bonchev–Trinajstić information content (AvgIpc) is 2.19. The van der Waals surface area contributed by atoms with Crippen molar-refractivity contribution in [1.29, 1.82) is 0 Å². The molecule has 2 atom stereocenters. The van der Waals surface area contributed by atoms with Crippen LogP contribution in [-0.4, -0.2) is 24.4 Å². The van der Waals surface area contributed by atoms with E-state index in [-0.39, 0.29) is 0 Å². The van der Waals surface area contributed by atoms with Crippen molar-refractivity contribution < 1.29 is 13.2 Å². The van der Waals surface area contributed by atoms with E-state index in [9.17, 15) is 13.2 Å². The second-order valence-electron chi connectivity index (χ2n) is 5.59. The fourth-order valence-electron chi connectivity index (χ4n) is 2.80. The van der Waals surface area contributed by atoms with E-state index >= 15 is 0 Å². The van der Waals surface area contributed by atoms with Crippen LogP contribution >= 0.6 is 9.24 Å². The number of hydrogen-bond acceptors (Lipinski definition) is 0. The third kappa shape index (κ3) is 2.58. The molecule has 0 radical (unpaired) electrons. The minimum absolute atomic E-state index is 0.756. The molecule has 0 aliphatic carbocycles. The maximum Gasteiger partial charge on any atom is 0.287 e. The third-order valence-electron chi connectivity index (χ3n) is 4.53. The van der Waals surface area contributed by atoms with Crippen LogP contribution in [0.15, 0.2) is 0 Å². The molecule has 0 aliphatic heterocycles. The highest BCUT2D eigenvalue weighted by Crippen LogP contribution is 2.53. The van der Waals surface area contributed by atoms with Crippen molar-refractivity contribution in [2.24, 2.45) is 0 Å². The van der Waals surface area contributed by atoms with Gasteiger partial charge in [-0.15, -0.1) is 9.24 Å². The van der Waals surface area contributed by atoms with E-state index in [1.807, 2.05) is 20.8 Å². The van der Waals surface area contributed by atoms with Gasteiger partial charge in [-0.05, 0) is 13.8 Å². The molecule has 0 amide bonds. The Bertz CT molecular complexity index is 243. The molecule has 0 spiro atoms. The van der Waals surface area contributed by atoms with Crippen LogP contribution in [0.1, 0.15) is 41.5 Å². The van der Waals surface area contributed by atoms with Crippen LogP contribution in [0.2, 0.25) is 18.1 Å². The van der Waals surface area contributed by atoms with Crippen molar-refractivity contribution in [2.45, 2.75) is 76.0 Å². The van der Waals surface area contributed by atoms with E-state index in [0.717, 1.165) is 32.0 Å². The molecule has 0 rings (SSSR count). The maximum atomic E-state index is 14.4. The molecule has 2 unspecified atom stereocenters. The van der Waals surface area contributed by atoms with Crippen molar-refractivity contribution in [3.63, 3.8) is 0 Å².